The van der Waals surface area contributed by atoms with Gasteiger partial charge >= 0.3 is 0 Å². The van der Waals surface area contributed by atoms with E-state index in [1.807, 2.05) is 42.3 Å². The molecule has 0 spiro atoms. The summed E-state index contributed by atoms with van der Waals surface area (Å²) in [4.78, 5) is 14.3. The monoisotopic (exact) mass is 559 g/mol. The smallest absolute Gasteiger partial charge is 0.222 e. The summed E-state index contributed by atoms with van der Waals surface area (Å²) in [6.45, 7) is 3.08. The van der Waals surface area contributed by atoms with Crippen LogP contribution in [0.25, 0.3) is 0 Å². The van der Waals surface area contributed by atoms with Gasteiger partial charge in [-0.1, -0.05) is 88.3 Å². The normalized spacial score (nSPS) is 28.5. The summed E-state index contributed by atoms with van der Waals surface area (Å²) in [6, 6.07) is 16.3. The third-order valence-electron chi connectivity index (χ3n) is 11.2. The molecule has 0 radical (unpaired) electrons. The molecule has 0 aromatic heterocycles. The maximum atomic E-state index is 12.5. The van der Waals surface area contributed by atoms with E-state index in [-0.39, 0.29) is 17.4 Å². The SMILES string of the molecule is CN(Cc1ccccc1)C(=O)CCCCCCCCCC[C@H]1C[C@]2(C)[C@@H](O)CC[C@H]2[C@@H]2CCc3cc(O)ccc3[C@@H]12. The number of amides is 1. The quantitative estimate of drug-likeness (QED) is 0.242. The van der Waals surface area contributed by atoms with Crippen molar-refractivity contribution in [1.82, 2.24) is 4.90 Å². The summed E-state index contributed by atoms with van der Waals surface area (Å²) >= 11 is 0. The molecular weight excluding hydrogens is 506 g/mol. The lowest BCUT2D eigenvalue weighted by Crippen LogP contribution is -2.47. The zero-order chi connectivity index (χ0) is 28.8. The Morgan fingerprint density at radius 2 is 1.63 bits per heavy atom. The highest BCUT2D eigenvalue weighted by atomic mass is 16.3. The van der Waals surface area contributed by atoms with Gasteiger partial charge in [0.2, 0.25) is 5.91 Å². The lowest BCUT2D eigenvalue weighted by Gasteiger charge is -2.54. The van der Waals surface area contributed by atoms with Crippen LogP contribution in [0.2, 0.25) is 0 Å². The molecule has 2 aromatic carbocycles. The topological polar surface area (TPSA) is 60.8 Å². The molecule has 224 valence electrons. The summed E-state index contributed by atoms with van der Waals surface area (Å²) in [7, 11) is 1.91. The second-order valence-corrected chi connectivity index (χ2v) is 13.9. The molecule has 6 atom stereocenters. The molecule has 2 fully saturated rings. The number of aryl methyl sites for hydroxylation is 1. The lowest BCUT2D eigenvalue weighted by molar-refractivity contribution is -0.130. The number of aliphatic hydroxyl groups excluding tert-OH is 1. The molecule has 0 saturated heterocycles. The van der Waals surface area contributed by atoms with Gasteiger partial charge in [0.05, 0.1) is 6.10 Å². The molecule has 3 aliphatic rings. The molecule has 2 saturated carbocycles. The predicted octanol–water partition coefficient (Wildman–Crippen LogP) is 8.39. The van der Waals surface area contributed by atoms with Gasteiger partial charge in [-0.2, -0.15) is 0 Å². The first-order chi connectivity index (χ1) is 19.9. The van der Waals surface area contributed by atoms with Crippen LogP contribution < -0.4 is 0 Å². The first-order valence-electron chi connectivity index (χ1n) is 16.6. The Hall–Kier alpha value is -2.33. The van der Waals surface area contributed by atoms with Crippen LogP contribution in [0.3, 0.4) is 0 Å². The number of aromatic hydroxyl groups is 1. The van der Waals surface area contributed by atoms with Crippen molar-refractivity contribution in [3.05, 3.63) is 65.2 Å². The number of phenols is 1. The Labute approximate surface area is 248 Å². The van der Waals surface area contributed by atoms with Crippen molar-refractivity contribution >= 4 is 5.91 Å². The fraction of sp³-hybridized carbons (Fsp3) is 0.649. The number of benzene rings is 2. The second kappa shape index (κ2) is 13.8. The number of carbonyl (C=O) groups excluding carboxylic acids is 1. The maximum absolute atomic E-state index is 12.5. The van der Waals surface area contributed by atoms with Crippen molar-refractivity contribution in [3.8, 4) is 5.75 Å². The number of aliphatic hydroxyl groups is 1. The zero-order valence-electron chi connectivity index (χ0n) is 25.6. The number of unbranched alkanes of at least 4 members (excludes halogenated alkanes) is 7. The van der Waals surface area contributed by atoms with Crippen LogP contribution in [-0.2, 0) is 17.8 Å². The van der Waals surface area contributed by atoms with E-state index in [0.29, 0.717) is 42.4 Å². The van der Waals surface area contributed by atoms with Crippen molar-refractivity contribution in [2.24, 2.45) is 23.2 Å². The second-order valence-electron chi connectivity index (χ2n) is 13.9. The highest BCUT2D eigenvalue weighted by Crippen LogP contribution is 2.63. The van der Waals surface area contributed by atoms with Crippen molar-refractivity contribution < 1.29 is 15.0 Å². The number of carbonyl (C=O) groups is 1. The van der Waals surface area contributed by atoms with E-state index in [4.69, 9.17) is 0 Å². The third kappa shape index (κ3) is 7.01. The minimum atomic E-state index is -0.142. The molecule has 4 heteroatoms. The van der Waals surface area contributed by atoms with E-state index in [9.17, 15) is 15.0 Å². The highest BCUT2D eigenvalue weighted by Gasteiger charge is 2.57. The van der Waals surface area contributed by atoms with Gasteiger partial charge in [-0.3, -0.25) is 4.79 Å². The van der Waals surface area contributed by atoms with Crippen molar-refractivity contribution in [3.63, 3.8) is 0 Å². The molecule has 5 rings (SSSR count). The fourth-order valence-corrected chi connectivity index (χ4v) is 9.01. The maximum Gasteiger partial charge on any atom is 0.222 e. The first kappa shape index (κ1) is 30.1. The van der Waals surface area contributed by atoms with E-state index in [1.54, 1.807) is 0 Å². The zero-order valence-corrected chi connectivity index (χ0v) is 25.6. The molecule has 0 aliphatic heterocycles. The fourth-order valence-electron chi connectivity index (χ4n) is 9.01. The Morgan fingerprint density at radius 3 is 2.39 bits per heavy atom. The molecule has 3 aliphatic carbocycles. The van der Waals surface area contributed by atoms with Crippen LogP contribution in [0.4, 0.5) is 0 Å². The minimum Gasteiger partial charge on any atom is -0.508 e. The molecule has 4 nitrogen and oxygen atoms in total. The van der Waals surface area contributed by atoms with Gasteiger partial charge in [-0.25, -0.2) is 0 Å². The molecule has 0 unspecified atom stereocenters. The Kier molecular flexibility index (Phi) is 10.1. The summed E-state index contributed by atoms with van der Waals surface area (Å²) in [5.41, 5.74) is 4.13. The van der Waals surface area contributed by atoms with E-state index in [0.717, 1.165) is 32.1 Å². The summed E-state index contributed by atoms with van der Waals surface area (Å²) < 4.78 is 0. The number of nitrogens with zero attached hydrogens (tertiary/aromatic N) is 1. The molecule has 1 amide bonds. The van der Waals surface area contributed by atoms with Gasteiger partial charge in [-0.15, -0.1) is 0 Å². The third-order valence-corrected chi connectivity index (χ3v) is 11.2. The molecule has 41 heavy (non-hydrogen) atoms. The predicted molar refractivity (Wildman–Crippen MR) is 167 cm³/mol. The van der Waals surface area contributed by atoms with E-state index >= 15 is 0 Å². The van der Waals surface area contributed by atoms with E-state index in [1.165, 1.54) is 74.5 Å². The number of fused-ring (bicyclic) bond motifs is 5. The summed E-state index contributed by atoms with van der Waals surface area (Å²) in [6.07, 6.45) is 17.1. The molecular formula is C37H53NO3. The van der Waals surface area contributed by atoms with E-state index in [2.05, 4.69) is 25.1 Å². The molecule has 2 aromatic rings. The Morgan fingerprint density at radius 1 is 0.927 bits per heavy atom. The van der Waals surface area contributed by atoms with Crippen molar-refractivity contribution in [1.29, 1.82) is 0 Å². The average molecular weight is 560 g/mol. The Bertz CT molecular complexity index is 1130. The van der Waals surface area contributed by atoms with Gasteiger partial charge in [0, 0.05) is 20.0 Å². The standard InChI is InChI=1S/C37H53NO3/c1-37-25-29(36-31-21-19-30(39)24-28(31)18-20-32(36)33(37)22-23-34(37)40)16-12-7-5-3-4-6-8-13-17-35(41)38(2)26-27-14-10-9-11-15-27/h9-11,14-15,19,21,24,29,32-34,36,39-40H,3-8,12-13,16-18,20,22-23,25-26H2,1-2H3/t29-,32-,33-,34-,36+,37-/m0/s1. The van der Waals surface area contributed by atoms with Crippen LogP contribution in [-0.4, -0.2) is 34.2 Å². The Balaban J connectivity index is 1.01. The number of rotatable bonds is 13. The van der Waals surface area contributed by atoms with Gasteiger partial charge in [0.15, 0.2) is 0 Å². The number of hydrogen-bond donors (Lipinski definition) is 2. The summed E-state index contributed by atoms with van der Waals surface area (Å²) in [5.74, 6) is 3.20. The van der Waals surface area contributed by atoms with Crippen LogP contribution in [0, 0.1) is 23.2 Å². The molecule has 0 heterocycles. The molecule has 0 bridgehead atoms. The highest BCUT2D eigenvalue weighted by molar-refractivity contribution is 5.75. The first-order valence-corrected chi connectivity index (χ1v) is 16.6. The van der Waals surface area contributed by atoms with Gasteiger partial charge in [-0.05, 0) is 103 Å². The molecule has 2 N–H and O–H groups in total. The van der Waals surface area contributed by atoms with Crippen LogP contribution in [0.15, 0.2) is 48.5 Å². The van der Waals surface area contributed by atoms with Crippen molar-refractivity contribution in [2.75, 3.05) is 7.05 Å². The minimum absolute atomic E-state index is 0.0813. The number of phenolic OH excluding ortho intramolecular Hbond substituents is 1. The number of hydrogen-bond acceptors (Lipinski definition) is 3. The van der Waals surface area contributed by atoms with Crippen LogP contribution in [0.5, 0.6) is 5.75 Å². The average Bonchev–Trinajstić information content (AvgIpc) is 3.27. The largest absolute Gasteiger partial charge is 0.508 e. The van der Waals surface area contributed by atoms with Crippen LogP contribution in [0.1, 0.15) is 119 Å². The lowest BCUT2D eigenvalue weighted by atomic mass is 9.51. The van der Waals surface area contributed by atoms with Crippen molar-refractivity contribution in [2.45, 2.75) is 122 Å². The van der Waals surface area contributed by atoms with E-state index < -0.39 is 0 Å². The van der Waals surface area contributed by atoms with Crippen LogP contribution >= 0.6 is 0 Å². The van der Waals surface area contributed by atoms with Gasteiger partial charge < -0.3 is 15.1 Å². The van der Waals surface area contributed by atoms with Gasteiger partial charge in [0.25, 0.3) is 0 Å². The van der Waals surface area contributed by atoms with Gasteiger partial charge in [0.1, 0.15) is 5.75 Å². The summed E-state index contributed by atoms with van der Waals surface area (Å²) in [5, 5.41) is 21.1.